The minimum Gasteiger partial charge on any atom is -0.461 e. The smallest absolute Gasteiger partial charge is 0.330 e. The van der Waals surface area contributed by atoms with Gasteiger partial charge < -0.3 is 9.64 Å². The molecule has 1 aliphatic heterocycles. The summed E-state index contributed by atoms with van der Waals surface area (Å²) >= 11 is 5.86. The Morgan fingerprint density at radius 1 is 1.03 bits per heavy atom. The Labute approximate surface area is 221 Å². The van der Waals surface area contributed by atoms with Crippen LogP contribution in [0.15, 0.2) is 101 Å². The van der Waals surface area contributed by atoms with E-state index in [1.807, 2.05) is 60.5 Å². The van der Waals surface area contributed by atoms with Crippen molar-refractivity contribution >= 4 is 45.7 Å². The van der Waals surface area contributed by atoms with E-state index in [2.05, 4.69) is 4.99 Å². The van der Waals surface area contributed by atoms with Crippen LogP contribution in [0.3, 0.4) is 0 Å². The summed E-state index contributed by atoms with van der Waals surface area (Å²) < 4.78 is 37.4. The highest BCUT2D eigenvalue weighted by Crippen LogP contribution is 2.38. The topological polar surface area (TPSA) is 96.3 Å². The van der Waals surface area contributed by atoms with Crippen LogP contribution in [0.5, 0.6) is 0 Å². The number of aliphatic imine (C=N–C) groups is 1. The number of nitrogens with zero attached hydrogens (tertiary/aromatic N) is 2. The molecule has 0 amide bonds. The summed E-state index contributed by atoms with van der Waals surface area (Å²) in [5.41, 5.74) is 2.66. The maximum atomic E-state index is 12.0. The third kappa shape index (κ3) is 6.35. The molecule has 0 aromatic heterocycles. The van der Waals surface area contributed by atoms with E-state index in [1.165, 1.54) is 18.2 Å². The van der Waals surface area contributed by atoms with Gasteiger partial charge in [0.1, 0.15) is 12.1 Å². The summed E-state index contributed by atoms with van der Waals surface area (Å²) in [6.07, 6.45) is 8.53. The van der Waals surface area contributed by atoms with Crippen molar-refractivity contribution in [2.24, 2.45) is 4.99 Å². The molecule has 0 fully saturated rings. The summed E-state index contributed by atoms with van der Waals surface area (Å²) in [6.45, 7) is 0.722. The second-order valence-corrected chi connectivity index (χ2v) is 10.3. The number of hydrogen-bond acceptors (Lipinski definition) is 6. The largest absolute Gasteiger partial charge is 0.461 e. The molecule has 0 spiro atoms. The molecule has 3 aromatic carbocycles. The van der Waals surface area contributed by atoms with Gasteiger partial charge in [-0.05, 0) is 71.3 Å². The van der Waals surface area contributed by atoms with Crippen LogP contribution < -0.4 is 4.90 Å². The maximum absolute atomic E-state index is 12.0. The molecule has 9 heteroatoms. The molecule has 1 heterocycles. The van der Waals surface area contributed by atoms with Crippen LogP contribution in [-0.2, 0) is 25.2 Å². The summed E-state index contributed by atoms with van der Waals surface area (Å²) in [4.78, 5) is 18.5. The molecule has 37 heavy (non-hydrogen) atoms. The molecule has 4 rings (SSSR count). The molecule has 7 nitrogen and oxygen atoms in total. The van der Waals surface area contributed by atoms with Crippen molar-refractivity contribution in [3.63, 3.8) is 0 Å². The number of likely N-dealkylation sites (N-methyl/N-ethyl adjacent to an activating group) is 1. The molecule has 1 unspecified atom stereocenters. The Balaban J connectivity index is 1.38. The minimum atomic E-state index is -4.27. The first-order valence-electron chi connectivity index (χ1n) is 11.4. The Hall–Kier alpha value is -3.72. The van der Waals surface area contributed by atoms with Crippen molar-refractivity contribution in [3.8, 4) is 0 Å². The van der Waals surface area contributed by atoms with Gasteiger partial charge in [0.2, 0.25) is 0 Å². The van der Waals surface area contributed by atoms with Gasteiger partial charge in [-0.3, -0.25) is 9.55 Å². The van der Waals surface area contributed by atoms with E-state index < -0.39 is 21.6 Å². The third-order valence-corrected chi connectivity index (χ3v) is 7.11. The number of carbonyl (C=O) groups excluding carboxylic acids is 1. The van der Waals surface area contributed by atoms with Crippen LogP contribution in [0.25, 0.3) is 6.08 Å². The predicted octanol–water partition coefficient (Wildman–Crippen LogP) is 5.16. The maximum Gasteiger partial charge on any atom is 0.330 e. The van der Waals surface area contributed by atoms with Crippen molar-refractivity contribution < 1.29 is 22.5 Å². The van der Waals surface area contributed by atoms with Gasteiger partial charge in [-0.1, -0.05) is 48.0 Å². The van der Waals surface area contributed by atoms with Gasteiger partial charge in [0.25, 0.3) is 10.1 Å². The van der Waals surface area contributed by atoms with Crippen LogP contribution in [0.4, 0.5) is 5.69 Å². The third-order valence-electron chi connectivity index (χ3n) is 6.00. The van der Waals surface area contributed by atoms with Crippen LogP contribution >= 0.6 is 11.6 Å². The zero-order valence-corrected chi connectivity index (χ0v) is 21.6. The lowest BCUT2D eigenvalue weighted by molar-refractivity contribution is -0.137. The van der Waals surface area contributed by atoms with Gasteiger partial charge in [-0.25, -0.2) is 4.79 Å². The van der Waals surface area contributed by atoms with Gasteiger partial charge >= 0.3 is 5.97 Å². The molecule has 0 radical (unpaired) electrons. The monoisotopic (exact) mass is 536 g/mol. The summed E-state index contributed by atoms with van der Waals surface area (Å²) in [7, 11) is -2.37. The SMILES string of the molecule is CN(CCOC(=O)/C=C/c1ccc(Cl)cc1)c1ccc(C2(c3ccc(S(=O)(=O)O)cc3)C=CC=N2)cc1. The molecular formula is C28H25ClN2O5S. The van der Waals surface area contributed by atoms with Crippen molar-refractivity contribution in [3.05, 3.63) is 113 Å². The Bertz CT molecular complexity index is 1430. The molecule has 3 aromatic rings. The molecular weight excluding hydrogens is 512 g/mol. The highest BCUT2D eigenvalue weighted by molar-refractivity contribution is 7.85. The van der Waals surface area contributed by atoms with Crippen LogP contribution in [0, 0.1) is 0 Å². The fourth-order valence-corrected chi connectivity index (χ4v) is 4.55. The van der Waals surface area contributed by atoms with Gasteiger partial charge in [-0.15, -0.1) is 0 Å². The molecule has 1 aliphatic rings. The lowest BCUT2D eigenvalue weighted by Crippen LogP contribution is -2.24. The highest BCUT2D eigenvalue weighted by Gasteiger charge is 2.32. The second-order valence-electron chi connectivity index (χ2n) is 8.42. The van der Waals surface area contributed by atoms with Crippen molar-refractivity contribution in [1.29, 1.82) is 0 Å². The van der Waals surface area contributed by atoms with E-state index in [1.54, 1.807) is 36.6 Å². The average molecular weight is 537 g/mol. The van der Waals surface area contributed by atoms with E-state index in [9.17, 15) is 17.8 Å². The first kappa shape index (κ1) is 26.3. The number of ether oxygens (including phenoxy) is 1. The molecule has 190 valence electrons. The number of carbonyl (C=O) groups is 1. The number of rotatable bonds is 9. The number of allylic oxidation sites excluding steroid dienone is 1. The van der Waals surface area contributed by atoms with E-state index in [0.29, 0.717) is 11.6 Å². The van der Waals surface area contributed by atoms with Gasteiger partial charge in [0, 0.05) is 30.0 Å². The van der Waals surface area contributed by atoms with Crippen molar-refractivity contribution in [2.75, 3.05) is 25.1 Å². The van der Waals surface area contributed by atoms with Crippen molar-refractivity contribution in [2.45, 2.75) is 10.4 Å². The molecule has 1 N–H and O–H groups in total. The first-order chi connectivity index (χ1) is 17.7. The lowest BCUT2D eigenvalue weighted by atomic mass is 9.84. The molecule has 0 aliphatic carbocycles. The van der Waals surface area contributed by atoms with Crippen LogP contribution in [0.1, 0.15) is 16.7 Å². The average Bonchev–Trinajstić information content (AvgIpc) is 3.39. The van der Waals surface area contributed by atoms with Gasteiger partial charge in [0.05, 0.1) is 11.4 Å². The zero-order chi connectivity index (χ0) is 26.5. The van der Waals surface area contributed by atoms with Crippen LogP contribution in [-0.4, -0.2) is 45.4 Å². The number of hydrogen-bond donors (Lipinski definition) is 1. The number of benzene rings is 3. The highest BCUT2D eigenvalue weighted by atomic mass is 35.5. The Morgan fingerprint density at radius 3 is 2.22 bits per heavy atom. The summed E-state index contributed by atoms with van der Waals surface area (Å²) in [5.74, 6) is -0.425. The Morgan fingerprint density at radius 2 is 1.65 bits per heavy atom. The predicted molar refractivity (Wildman–Crippen MR) is 146 cm³/mol. The molecule has 0 saturated heterocycles. The summed E-state index contributed by atoms with van der Waals surface area (Å²) in [5, 5.41) is 0.632. The Kier molecular flexibility index (Phi) is 7.92. The zero-order valence-electron chi connectivity index (χ0n) is 20.0. The lowest BCUT2D eigenvalue weighted by Gasteiger charge is -2.27. The van der Waals surface area contributed by atoms with E-state index in [4.69, 9.17) is 16.3 Å². The quantitative estimate of drug-likeness (QED) is 0.230. The fraction of sp³-hybridized carbons (Fsp3) is 0.143. The number of anilines is 1. The second kappa shape index (κ2) is 11.1. The molecule has 1 atom stereocenters. The van der Waals surface area contributed by atoms with Gasteiger partial charge in [-0.2, -0.15) is 8.42 Å². The first-order valence-corrected chi connectivity index (χ1v) is 13.2. The minimum absolute atomic E-state index is 0.171. The normalized spacial score (nSPS) is 16.8. The van der Waals surface area contributed by atoms with E-state index in [-0.39, 0.29) is 11.5 Å². The van der Waals surface area contributed by atoms with Crippen molar-refractivity contribution in [1.82, 2.24) is 0 Å². The molecule has 0 saturated carbocycles. The standard InChI is InChI=1S/C28H25ClN2O5S/c1-31(19-20-36-27(32)16-5-21-3-10-24(29)11-4-21)25-12-6-22(7-13-25)28(17-2-18-30-28)23-8-14-26(15-9-23)37(33,34)35/h2-18H,19-20H2,1H3,(H,33,34,35)/b16-5+. The number of esters is 1. The summed E-state index contributed by atoms with van der Waals surface area (Å²) in [6, 6.07) is 21.0. The van der Waals surface area contributed by atoms with Crippen LogP contribution in [0.2, 0.25) is 5.02 Å². The molecule has 0 bridgehead atoms. The van der Waals surface area contributed by atoms with Gasteiger partial charge in [0.15, 0.2) is 0 Å². The fourth-order valence-electron chi connectivity index (χ4n) is 3.94. The van der Waals surface area contributed by atoms with E-state index >= 15 is 0 Å². The van der Waals surface area contributed by atoms with E-state index in [0.717, 1.165) is 22.4 Å². The number of halogens is 1.